The molecular formula is C16H21BO3. The van der Waals surface area contributed by atoms with Crippen LogP contribution in [0.5, 0.6) is 5.75 Å². The van der Waals surface area contributed by atoms with Crippen LogP contribution in [-0.4, -0.2) is 24.9 Å². The molecule has 0 atom stereocenters. The molecule has 0 bridgehead atoms. The molecule has 106 valence electrons. The van der Waals surface area contributed by atoms with Crippen molar-refractivity contribution in [3.63, 3.8) is 0 Å². The molecule has 1 aromatic carbocycles. The number of hydrogen-bond donors (Lipinski definition) is 0. The molecule has 1 heterocycles. The SMILES string of the molecule is C#CCCOc1ccc(B2OC(C)(C)C(C)(C)O2)cc1. The van der Waals surface area contributed by atoms with Crippen LogP contribution >= 0.6 is 0 Å². The van der Waals surface area contributed by atoms with Gasteiger partial charge in [-0.2, -0.15) is 0 Å². The lowest BCUT2D eigenvalue weighted by atomic mass is 9.79. The maximum Gasteiger partial charge on any atom is 0.494 e. The van der Waals surface area contributed by atoms with E-state index in [1.54, 1.807) is 0 Å². The van der Waals surface area contributed by atoms with Gasteiger partial charge in [0.25, 0.3) is 0 Å². The predicted molar refractivity (Wildman–Crippen MR) is 81.1 cm³/mol. The average Bonchev–Trinajstić information content (AvgIpc) is 2.60. The van der Waals surface area contributed by atoms with Gasteiger partial charge in [0.2, 0.25) is 0 Å². The lowest BCUT2D eigenvalue weighted by Gasteiger charge is -2.32. The first-order chi connectivity index (χ1) is 9.36. The lowest BCUT2D eigenvalue weighted by Crippen LogP contribution is -2.41. The monoisotopic (exact) mass is 272 g/mol. The van der Waals surface area contributed by atoms with Crippen molar-refractivity contribution in [1.82, 2.24) is 0 Å². The van der Waals surface area contributed by atoms with Crippen molar-refractivity contribution in [2.24, 2.45) is 0 Å². The van der Waals surface area contributed by atoms with Crippen molar-refractivity contribution >= 4 is 12.6 Å². The topological polar surface area (TPSA) is 27.7 Å². The Bertz CT molecular complexity index is 483. The highest BCUT2D eigenvalue weighted by molar-refractivity contribution is 6.62. The third-order valence-corrected chi connectivity index (χ3v) is 3.92. The normalized spacial score (nSPS) is 19.6. The van der Waals surface area contributed by atoms with Crippen LogP contribution in [0.2, 0.25) is 0 Å². The van der Waals surface area contributed by atoms with Gasteiger partial charge < -0.3 is 14.0 Å². The Kier molecular flexibility index (Phi) is 4.13. The summed E-state index contributed by atoms with van der Waals surface area (Å²) < 4.78 is 17.5. The van der Waals surface area contributed by atoms with Crippen LogP contribution in [-0.2, 0) is 9.31 Å². The minimum atomic E-state index is -0.334. The molecule has 0 N–H and O–H groups in total. The maximum absolute atomic E-state index is 6.00. The second kappa shape index (κ2) is 5.51. The van der Waals surface area contributed by atoms with Crippen LogP contribution in [0.25, 0.3) is 0 Å². The van der Waals surface area contributed by atoms with Crippen molar-refractivity contribution < 1.29 is 14.0 Å². The average molecular weight is 272 g/mol. The molecule has 0 saturated carbocycles. The third-order valence-electron chi connectivity index (χ3n) is 3.92. The van der Waals surface area contributed by atoms with Crippen LogP contribution in [0.1, 0.15) is 34.1 Å². The van der Waals surface area contributed by atoms with Crippen molar-refractivity contribution in [1.29, 1.82) is 0 Å². The zero-order valence-electron chi connectivity index (χ0n) is 12.6. The molecule has 1 saturated heterocycles. The van der Waals surface area contributed by atoms with E-state index in [0.717, 1.165) is 11.2 Å². The summed E-state index contributed by atoms with van der Waals surface area (Å²) in [5.41, 5.74) is 0.354. The number of terminal acetylenes is 1. The van der Waals surface area contributed by atoms with Gasteiger partial charge >= 0.3 is 7.12 Å². The van der Waals surface area contributed by atoms with Gasteiger partial charge in [-0.25, -0.2) is 0 Å². The standard InChI is InChI=1S/C16H21BO3/c1-6-7-12-18-14-10-8-13(9-11-14)17-19-15(2,3)16(4,5)20-17/h1,8-11H,7,12H2,2-5H3. The summed E-state index contributed by atoms with van der Waals surface area (Å²) in [7, 11) is -0.334. The first-order valence-corrected chi connectivity index (χ1v) is 6.87. The molecule has 0 aliphatic carbocycles. The Morgan fingerprint density at radius 3 is 2.15 bits per heavy atom. The van der Waals surface area contributed by atoms with Crippen molar-refractivity contribution in [2.75, 3.05) is 6.61 Å². The van der Waals surface area contributed by atoms with Crippen LogP contribution in [0.15, 0.2) is 24.3 Å². The second-order valence-electron chi connectivity index (χ2n) is 5.96. The Morgan fingerprint density at radius 2 is 1.65 bits per heavy atom. The molecule has 1 aliphatic rings. The molecule has 0 aromatic heterocycles. The Hall–Kier alpha value is -1.44. The smallest absolute Gasteiger partial charge is 0.493 e. The molecule has 4 heteroatoms. The summed E-state index contributed by atoms with van der Waals surface area (Å²) in [5.74, 6) is 3.35. The fourth-order valence-corrected chi connectivity index (χ4v) is 1.93. The van der Waals surface area contributed by atoms with Crippen LogP contribution in [0, 0.1) is 12.3 Å². The van der Waals surface area contributed by atoms with E-state index in [1.165, 1.54) is 0 Å². The zero-order valence-corrected chi connectivity index (χ0v) is 12.6. The minimum Gasteiger partial charge on any atom is -0.493 e. The second-order valence-corrected chi connectivity index (χ2v) is 5.96. The molecule has 0 radical (unpaired) electrons. The molecule has 0 spiro atoms. The van der Waals surface area contributed by atoms with Gasteiger partial charge in [0.05, 0.1) is 17.8 Å². The first kappa shape index (κ1) is 15.0. The van der Waals surface area contributed by atoms with E-state index >= 15 is 0 Å². The summed E-state index contributed by atoms with van der Waals surface area (Å²) in [6, 6.07) is 7.76. The van der Waals surface area contributed by atoms with Crippen molar-refractivity contribution in [2.45, 2.75) is 45.3 Å². The summed E-state index contributed by atoms with van der Waals surface area (Å²) >= 11 is 0. The number of ether oxygens (including phenoxy) is 1. The minimum absolute atomic E-state index is 0.320. The highest BCUT2D eigenvalue weighted by atomic mass is 16.7. The van der Waals surface area contributed by atoms with E-state index in [1.807, 2.05) is 52.0 Å². The van der Waals surface area contributed by atoms with Gasteiger partial charge in [-0.3, -0.25) is 0 Å². The fourth-order valence-electron chi connectivity index (χ4n) is 1.93. The van der Waals surface area contributed by atoms with Crippen molar-refractivity contribution in [3.05, 3.63) is 24.3 Å². The molecule has 20 heavy (non-hydrogen) atoms. The van der Waals surface area contributed by atoms with Crippen molar-refractivity contribution in [3.8, 4) is 18.1 Å². The van der Waals surface area contributed by atoms with Gasteiger partial charge in [-0.1, -0.05) is 12.1 Å². The molecule has 3 nitrogen and oxygen atoms in total. The molecule has 1 fully saturated rings. The van der Waals surface area contributed by atoms with Gasteiger partial charge in [0.1, 0.15) is 5.75 Å². The summed E-state index contributed by atoms with van der Waals surface area (Å²) in [6.07, 6.45) is 5.80. The Balaban J connectivity index is 2.03. The predicted octanol–water partition coefficient (Wildman–Crippen LogP) is 2.39. The molecule has 0 unspecified atom stereocenters. The summed E-state index contributed by atoms with van der Waals surface area (Å²) in [4.78, 5) is 0. The van der Waals surface area contributed by atoms with E-state index in [9.17, 15) is 0 Å². The van der Waals surface area contributed by atoms with Crippen LogP contribution < -0.4 is 10.2 Å². The fraction of sp³-hybridized carbons (Fsp3) is 0.500. The molecule has 0 amide bonds. The number of hydrogen-bond acceptors (Lipinski definition) is 3. The Morgan fingerprint density at radius 1 is 1.10 bits per heavy atom. The van der Waals surface area contributed by atoms with Gasteiger partial charge in [0, 0.05) is 6.42 Å². The Labute approximate surface area is 121 Å². The van der Waals surface area contributed by atoms with Gasteiger partial charge in [-0.15, -0.1) is 12.3 Å². The molecule has 1 aromatic rings. The first-order valence-electron chi connectivity index (χ1n) is 6.87. The molecular weight excluding hydrogens is 251 g/mol. The molecule has 1 aliphatic heterocycles. The van der Waals surface area contributed by atoms with Gasteiger partial charge in [0.15, 0.2) is 0 Å². The van der Waals surface area contributed by atoms with E-state index in [-0.39, 0.29) is 18.3 Å². The largest absolute Gasteiger partial charge is 0.494 e. The number of rotatable bonds is 4. The maximum atomic E-state index is 6.00. The van der Waals surface area contributed by atoms with Crippen LogP contribution in [0.3, 0.4) is 0 Å². The van der Waals surface area contributed by atoms with E-state index in [0.29, 0.717) is 13.0 Å². The lowest BCUT2D eigenvalue weighted by molar-refractivity contribution is 0.00578. The quantitative estimate of drug-likeness (QED) is 0.478. The summed E-state index contributed by atoms with van der Waals surface area (Å²) in [5, 5.41) is 0. The van der Waals surface area contributed by atoms with Crippen LogP contribution in [0.4, 0.5) is 0 Å². The summed E-state index contributed by atoms with van der Waals surface area (Å²) in [6.45, 7) is 8.72. The highest BCUT2D eigenvalue weighted by Crippen LogP contribution is 2.36. The highest BCUT2D eigenvalue weighted by Gasteiger charge is 2.51. The van der Waals surface area contributed by atoms with E-state index in [2.05, 4.69) is 5.92 Å². The number of benzene rings is 1. The zero-order chi connectivity index (χ0) is 14.8. The van der Waals surface area contributed by atoms with E-state index in [4.69, 9.17) is 20.5 Å². The van der Waals surface area contributed by atoms with E-state index < -0.39 is 0 Å². The third kappa shape index (κ3) is 3.00. The molecule has 2 rings (SSSR count). The van der Waals surface area contributed by atoms with Gasteiger partial charge in [-0.05, 0) is 45.3 Å².